The number of nitrogens with one attached hydrogen (secondary N) is 1. The summed E-state index contributed by atoms with van der Waals surface area (Å²) < 4.78 is 17.0. The van der Waals surface area contributed by atoms with Crippen molar-refractivity contribution < 1.29 is 33.4 Å². The molecule has 0 bridgehead atoms. The first-order valence-electron chi connectivity index (χ1n) is 10.1. The van der Waals surface area contributed by atoms with Crippen molar-refractivity contribution in [1.29, 1.82) is 0 Å². The Morgan fingerprint density at radius 2 is 1.67 bits per heavy atom. The number of carbonyl (C=O) groups excluding carboxylic acids is 2. The number of aliphatic carboxylic acids is 1. The molecule has 30 heavy (non-hydrogen) atoms. The molecule has 0 aromatic carbocycles. The van der Waals surface area contributed by atoms with Crippen LogP contribution in [0.2, 0.25) is 18.1 Å². The Morgan fingerprint density at radius 1 is 1.10 bits per heavy atom. The van der Waals surface area contributed by atoms with Crippen molar-refractivity contribution in [3.8, 4) is 0 Å². The van der Waals surface area contributed by atoms with Crippen LogP contribution in [0, 0.1) is 0 Å². The third-order valence-corrected chi connectivity index (χ3v) is 9.20. The molecule has 8 nitrogen and oxygen atoms in total. The average molecular weight is 446 g/mol. The molecule has 0 heterocycles. The predicted octanol–water partition coefficient (Wildman–Crippen LogP) is 4.26. The molecular formula is C21H39NO7Si. The first-order valence-corrected chi connectivity index (χ1v) is 13.0. The Kier molecular flexibility index (Phi) is 11.0. The van der Waals surface area contributed by atoms with Crippen LogP contribution in [0.15, 0.2) is 11.8 Å². The number of carbonyl (C=O) groups is 3. The molecule has 0 spiro atoms. The summed E-state index contributed by atoms with van der Waals surface area (Å²) in [6.45, 7) is 17.4. The molecule has 9 heteroatoms. The predicted molar refractivity (Wildman–Crippen MR) is 118 cm³/mol. The second-order valence-corrected chi connectivity index (χ2v) is 14.6. The fraction of sp³-hybridized carbons (Fsp3) is 0.762. The fourth-order valence-corrected chi connectivity index (χ4v) is 3.45. The Bertz CT molecular complexity index is 630. The van der Waals surface area contributed by atoms with Gasteiger partial charge in [-0.1, -0.05) is 20.8 Å². The summed E-state index contributed by atoms with van der Waals surface area (Å²) >= 11 is 0. The summed E-state index contributed by atoms with van der Waals surface area (Å²) in [5.41, 5.74) is -1.07. The molecule has 0 fully saturated rings. The lowest BCUT2D eigenvalue weighted by atomic mass is 10.1. The summed E-state index contributed by atoms with van der Waals surface area (Å²) in [5, 5.41) is 11.5. The number of amides is 1. The van der Waals surface area contributed by atoms with Crippen LogP contribution in [-0.4, -0.2) is 56.2 Å². The molecule has 174 valence electrons. The molecule has 0 radical (unpaired) electrons. The quantitative estimate of drug-likeness (QED) is 0.278. The van der Waals surface area contributed by atoms with E-state index >= 15 is 0 Å². The zero-order valence-electron chi connectivity index (χ0n) is 19.9. The standard InChI is InChI=1S/C21H39NO7Si/c1-15(23)10-11-16(29-30(8,9)21(5,6)7)14-27-13-12-17(18(24)25)22-19(26)28-20(2,3)4/h12,16H,10-11,13-14H2,1-9H3,(H,22,26)(H,24,25)/b17-12+. The van der Waals surface area contributed by atoms with Gasteiger partial charge in [0.05, 0.1) is 19.3 Å². The molecule has 0 aromatic heterocycles. The number of hydrogen-bond acceptors (Lipinski definition) is 6. The summed E-state index contributed by atoms with van der Waals surface area (Å²) in [4.78, 5) is 34.5. The van der Waals surface area contributed by atoms with E-state index in [-0.39, 0.29) is 35.8 Å². The fourth-order valence-electron chi connectivity index (χ4n) is 2.08. The molecule has 0 aromatic rings. The summed E-state index contributed by atoms with van der Waals surface area (Å²) in [5.74, 6) is -1.22. The Morgan fingerprint density at radius 3 is 2.10 bits per heavy atom. The smallest absolute Gasteiger partial charge is 0.412 e. The van der Waals surface area contributed by atoms with Gasteiger partial charge >= 0.3 is 12.1 Å². The SMILES string of the molecule is CC(=O)CCC(COC/C=C(/NC(=O)OC(C)(C)C)C(=O)O)O[Si](C)(C)C(C)(C)C. The van der Waals surface area contributed by atoms with Crippen LogP contribution in [0.1, 0.15) is 61.3 Å². The number of carboxylic acid groups (broad SMARTS) is 1. The first-order chi connectivity index (χ1) is 13.4. The van der Waals surface area contributed by atoms with Crippen LogP contribution in [0.5, 0.6) is 0 Å². The molecular weight excluding hydrogens is 406 g/mol. The minimum Gasteiger partial charge on any atom is -0.477 e. The molecule has 2 N–H and O–H groups in total. The molecule has 1 unspecified atom stereocenters. The van der Waals surface area contributed by atoms with E-state index in [1.165, 1.54) is 13.0 Å². The van der Waals surface area contributed by atoms with Gasteiger partial charge in [-0.05, 0) is 58.3 Å². The second kappa shape index (κ2) is 11.6. The van der Waals surface area contributed by atoms with Crippen LogP contribution < -0.4 is 5.32 Å². The van der Waals surface area contributed by atoms with Crippen molar-refractivity contribution in [2.75, 3.05) is 13.2 Å². The lowest BCUT2D eigenvalue weighted by Crippen LogP contribution is -2.45. The van der Waals surface area contributed by atoms with Gasteiger partial charge < -0.3 is 23.8 Å². The van der Waals surface area contributed by atoms with Crippen molar-refractivity contribution in [2.24, 2.45) is 0 Å². The number of ether oxygens (including phenoxy) is 2. The normalized spacial score (nSPS) is 14.2. The third kappa shape index (κ3) is 12.1. The van der Waals surface area contributed by atoms with Crippen molar-refractivity contribution in [2.45, 2.75) is 91.1 Å². The van der Waals surface area contributed by atoms with Gasteiger partial charge in [-0.2, -0.15) is 0 Å². The van der Waals surface area contributed by atoms with Gasteiger partial charge in [0, 0.05) is 6.42 Å². The van der Waals surface area contributed by atoms with Gasteiger partial charge in [-0.3, -0.25) is 5.32 Å². The molecule has 0 saturated carbocycles. The summed E-state index contributed by atoms with van der Waals surface area (Å²) in [6, 6.07) is 0. The van der Waals surface area contributed by atoms with Gasteiger partial charge in [0.2, 0.25) is 0 Å². The van der Waals surface area contributed by atoms with Crippen molar-refractivity contribution in [3.05, 3.63) is 11.8 Å². The van der Waals surface area contributed by atoms with Gasteiger partial charge in [0.1, 0.15) is 17.1 Å². The van der Waals surface area contributed by atoms with E-state index in [9.17, 15) is 19.5 Å². The summed E-state index contributed by atoms with van der Waals surface area (Å²) in [7, 11) is -2.06. The van der Waals surface area contributed by atoms with Gasteiger partial charge in [-0.15, -0.1) is 0 Å². The number of hydrogen-bond donors (Lipinski definition) is 2. The van der Waals surface area contributed by atoms with E-state index in [0.717, 1.165) is 0 Å². The lowest BCUT2D eigenvalue weighted by molar-refractivity contribution is -0.133. The molecule has 1 atom stereocenters. The van der Waals surface area contributed by atoms with E-state index in [2.05, 4.69) is 39.2 Å². The number of ketones is 1. The molecule has 0 rings (SSSR count). The van der Waals surface area contributed by atoms with E-state index in [0.29, 0.717) is 12.8 Å². The first kappa shape index (κ1) is 28.3. The monoisotopic (exact) mass is 445 g/mol. The highest BCUT2D eigenvalue weighted by molar-refractivity contribution is 6.74. The number of Topliss-reactive ketones (excluding diaryl/α,β-unsaturated/α-hetero) is 1. The number of alkyl carbamates (subject to hydrolysis) is 1. The van der Waals surface area contributed by atoms with Crippen LogP contribution in [0.4, 0.5) is 4.79 Å². The number of rotatable bonds is 11. The zero-order chi connectivity index (χ0) is 23.8. The van der Waals surface area contributed by atoms with Gasteiger partial charge in [0.15, 0.2) is 8.32 Å². The molecule has 0 aliphatic heterocycles. The molecule has 0 saturated heterocycles. The highest BCUT2D eigenvalue weighted by Crippen LogP contribution is 2.37. The molecule has 0 aliphatic carbocycles. The Balaban J connectivity index is 4.97. The van der Waals surface area contributed by atoms with E-state index in [4.69, 9.17) is 13.9 Å². The molecule has 1 amide bonds. The van der Waals surface area contributed by atoms with Gasteiger partial charge in [-0.25, -0.2) is 9.59 Å². The summed E-state index contributed by atoms with van der Waals surface area (Å²) in [6.07, 6.45) is 1.07. The van der Waals surface area contributed by atoms with Crippen molar-refractivity contribution in [1.82, 2.24) is 5.32 Å². The molecule has 0 aliphatic rings. The average Bonchev–Trinajstić information content (AvgIpc) is 2.51. The maximum Gasteiger partial charge on any atom is 0.412 e. The maximum absolute atomic E-state index is 11.8. The number of carboxylic acids is 1. The van der Waals surface area contributed by atoms with Crippen LogP contribution >= 0.6 is 0 Å². The second-order valence-electron chi connectivity index (χ2n) is 9.83. The Labute approximate surface area is 181 Å². The minimum absolute atomic E-state index is 0.00912. The van der Waals surface area contributed by atoms with E-state index in [1.54, 1.807) is 20.8 Å². The highest BCUT2D eigenvalue weighted by Gasteiger charge is 2.39. The van der Waals surface area contributed by atoms with Crippen LogP contribution in [-0.2, 0) is 23.5 Å². The third-order valence-electron chi connectivity index (χ3n) is 4.66. The van der Waals surface area contributed by atoms with Crippen LogP contribution in [0.3, 0.4) is 0 Å². The Hall–Kier alpha value is -1.71. The lowest BCUT2D eigenvalue weighted by Gasteiger charge is -2.39. The minimum atomic E-state index is -2.06. The topological polar surface area (TPSA) is 111 Å². The van der Waals surface area contributed by atoms with Crippen LogP contribution in [0.25, 0.3) is 0 Å². The van der Waals surface area contributed by atoms with Crippen molar-refractivity contribution in [3.63, 3.8) is 0 Å². The van der Waals surface area contributed by atoms with Gasteiger partial charge in [0.25, 0.3) is 0 Å². The maximum atomic E-state index is 11.8. The zero-order valence-corrected chi connectivity index (χ0v) is 20.9. The van der Waals surface area contributed by atoms with E-state index < -0.39 is 26.0 Å². The van der Waals surface area contributed by atoms with Crippen molar-refractivity contribution >= 4 is 26.2 Å². The highest BCUT2D eigenvalue weighted by atomic mass is 28.4. The van der Waals surface area contributed by atoms with E-state index in [1.807, 2.05) is 0 Å². The largest absolute Gasteiger partial charge is 0.477 e.